The van der Waals surface area contributed by atoms with Gasteiger partial charge in [-0.15, -0.1) is 0 Å². The predicted molar refractivity (Wildman–Crippen MR) is 77.8 cm³/mol. The molecule has 1 aliphatic rings. The van der Waals surface area contributed by atoms with Gasteiger partial charge in [-0.3, -0.25) is 9.59 Å². The highest BCUT2D eigenvalue weighted by molar-refractivity contribution is 5.87. The van der Waals surface area contributed by atoms with Crippen molar-refractivity contribution in [3.05, 3.63) is 29.8 Å². The van der Waals surface area contributed by atoms with Crippen LogP contribution in [0.1, 0.15) is 32.3 Å². The number of hydrogen-bond donors (Lipinski definition) is 0. The molecule has 0 aromatic heterocycles. The molecule has 0 spiro atoms. The Kier molecular flexibility index (Phi) is 4.77. The van der Waals surface area contributed by atoms with E-state index in [-0.39, 0.29) is 24.6 Å². The number of ketones is 1. The molecule has 0 aliphatic carbocycles. The van der Waals surface area contributed by atoms with Crippen LogP contribution in [-0.4, -0.2) is 30.9 Å². The molecule has 1 unspecified atom stereocenters. The number of anilines is 1. The first kappa shape index (κ1) is 14.6. The summed E-state index contributed by atoms with van der Waals surface area (Å²) in [5.41, 5.74) is 2.43. The number of carbonyl (C=O) groups excluding carboxylic acids is 2. The monoisotopic (exact) mass is 275 g/mol. The van der Waals surface area contributed by atoms with Crippen molar-refractivity contribution in [3.8, 4) is 0 Å². The number of rotatable bonds is 6. The van der Waals surface area contributed by atoms with Gasteiger partial charge >= 0.3 is 5.97 Å². The maximum Gasteiger partial charge on any atom is 0.306 e. The second kappa shape index (κ2) is 6.55. The number of fused-ring (bicyclic) bond motifs is 1. The number of nitrogens with zero attached hydrogens (tertiary/aromatic N) is 1. The average Bonchev–Trinajstić information content (AvgIpc) is 2.73. The fourth-order valence-corrected chi connectivity index (χ4v) is 2.61. The number of para-hydroxylation sites is 1. The molecule has 0 saturated heterocycles. The molecule has 0 bridgehead atoms. The zero-order chi connectivity index (χ0) is 14.5. The van der Waals surface area contributed by atoms with Gasteiger partial charge in [0.15, 0.2) is 5.78 Å². The normalized spacial score (nSPS) is 16.9. The van der Waals surface area contributed by atoms with Crippen LogP contribution in [0.25, 0.3) is 0 Å². The minimum atomic E-state index is -0.296. The molecule has 4 nitrogen and oxygen atoms in total. The molecule has 2 rings (SSSR count). The molecule has 1 aliphatic heterocycles. The lowest BCUT2D eigenvalue weighted by atomic mass is 10.1. The second-order valence-corrected chi connectivity index (χ2v) is 5.15. The molecule has 0 amide bonds. The SMILES string of the molecule is CCOC(=O)CCC(=O)CN1c2ccccc2CC1C. The van der Waals surface area contributed by atoms with E-state index in [0.717, 1.165) is 12.1 Å². The van der Waals surface area contributed by atoms with E-state index in [1.807, 2.05) is 12.1 Å². The molecule has 4 heteroatoms. The summed E-state index contributed by atoms with van der Waals surface area (Å²) >= 11 is 0. The topological polar surface area (TPSA) is 46.6 Å². The van der Waals surface area contributed by atoms with Crippen molar-refractivity contribution in [1.82, 2.24) is 0 Å². The van der Waals surface area contributed by atoms with E-state index in [9.17, 15) is 9.59 Å². The van der Waals surface area contributed by atoms with E-state index < -0.39 is 0 Å². The van der Waals surface area contributed by atoms with E-state index in [1.165, 1.54) is 5.56 Å². The van der Waals surface area contributed by atoms with Gasteiger partial charge in [-0.1, -0.05) is 18.2 Å². The predicted octanol–water partition coefficient (Wildman–Crippen LogP) is 2.35. The molecule has 108 valence electrons. The van der Waals surface area contributed by atoms with Crippen LogP contribution in [0.5, 0.6) is 0 Å². The van der Waals surface area contributed by atoms with Gasteiger partial charge in [-0.2, -0.15) is 0 Å². The molecule has 1 aromatic carbocycles. The van der Waals surface area contributed by atoms with Gasteiger partial charge in [0.25, 0.3) is 0 Å². The van der Waals surface area contributed by atoms with E-state index in [2.05, 4.69) is 24.0 Å². The van der Waals surface area contributed by atoms with Gasteiger partial charge in [-0.05, 0) is 31.9 Å². The number of hydrogen-bond acceptors (Lipinski definition) is 4. The summed E-state index contributed by atoms with van der Waals surface area (Å²) in [5, 5.41) is 0. The lowest BCUT2D eigenvalue weighted by Crippen LogP contribution is -2.34. The highest BCUT2D eigenvalue weighted by Gasteiger charge is 2.26. The summed E-state index contributed by atoms with van der Waals surface area (Å²) in [6.45, 7) is 4.63. The molecule has 1 aromatic rings. The number of ether oxygens (including phenoxy) is 1. The lowest BCUT2D eigenvalue weighted by molar-refractivity contribution is -0.144. The maximum absolute atomic E-state index is 12.0. The van der Waals surface area contributed by atoms with Crippen LogP contribution in [-0.2, 0) is 20.7 Å². The average molecular weight is 275 g/mol. The van der Waals surface area contributed by atoms with Gasteiger partial charge in [0, 0.05) is 18.2 Å². The minimum absolute atomic E-state index is 0.0848. The van der Waals surface area contributed by atoms with Crippen LogP contribution >= 0.6 is 0 Å². The molecule has 1 atom stereocenters. The van der Waals surface area contributed by atoms with E-state index >= 15 is 0 Å². The van der Waals surface area contributed by atoms with Crippen molar-refractivity contribution < 1.29 is 14.3 Å². The molecular formula is C16H21NO3. The first-order chi connectivity index (χ1) is 9.61. The van der Waals surface area contributed by atoms with Crippen LogP contribution in [0.15, 0.2) is 24.3 Å². The molecule has 1 heterocycles. The van der Waals surface area contributed by atoms with Gasteiger partial charge in [-0.25, -0.2) is 0 Å². The highest BCUT2D eigenvalue weighted by atomic mass is 16.5. The fraction of sp³-hybridized carbons (Fsp3) is 0.500. The van der Waals surface area contributed by atoms with Crippen molar-refractivity contribution in [3.63, 3.8) is 0 Å². The molecular weight excluding hydrogens is 254 g/mol. The molecule has 0 N–H and O–H groups in total. The minimum Gasteiger partial charge on any atom is -0.466 e. The quantitative estimate of drug-likeness (QED) is 0.748. The zero-order valence-electron chi connectivity index (χ0n) is 12.1. The van der Waals surface area contributed by atoms with Crippen molar-refractivity contribution >= 4 is 17.4 Å². The third-order valence-corrected chi connectivity index (χ3v) is 3.61. The third kappa shape index (κ3) is 3.38. The van der Waals surface area contributed by atoms with E-state index in [4.69, 9.17) is 4.74 Å². The summed E-state index contributed by atoms with van der Waals surface area (Å²) in [5.74, 6) is -0.211. The standard InChI is InChI=1S/C16H21NO3/c1-3-20-16(19)9-8-14(18)11-17-12(2)10-13-6-4-5-7-15(13)17/h4-7,12H,3,8-11H2,1-2H3. The Hall–Kier alpha value is -1.84. The van der Waals surface area contributed by atoms with Crippen LogP contribution in [0.4, 0.5) is 5.69 Å². The largest absolute Gasteiger partial charge is 0.466 e. The molecule has 0 radical (unpaired) electrons. The third-order valence-electron chi connectivity index (χ3n) is 3.61. The van der Waals surface area contributed by atoms with E-state index in [0.29, 0.717) is 19.2 Å². The van der Waals surface area contributed by atoms with Gasteiger partial charge < -0.3 is 9.64 Å². The zero-order valence-corrected chi connectivity index (χ0v) is 12.1. The Morgan fingerprint density at radius 2 is 2.05 bits per heavy atom. The van der Waals surface area contributed by atoms with Crippen LogP contribution in [0, 0.1) is 0 Å². The molecule has 0 fully saturated rings. The van der Waals surface area contributed by atoms with Crippen molar-refractivity contribution in [2.24, 2.45) is 0 Å². The first-order valence-corrected chi connectivity index (χ1v) is 7.13. The van der Waals surface area contributed by atoms with Gasteiger partial charge in [0.2, 0.25) is 0 Å². The Labute approximate surface area is 119 Å². The van der Waals surface area contributed by atoms with Crippen LogP contribution in [0.2, 0.25) is 0 Å². The van der Waals surface area contributed by atoms with Crippen LogP contribution in [0.3, 0.4) is 0 Å². The Bertz CT molecular complexity index is 498. The van der Waals surface area contributed by atoms with Crippen molar-refractivity contribution in [2.45, 2.75) is 39.2 Å². The van der Waals surface area contributed by atoms with Crippen LogP contribution < -0.4 is 4.90 Å². The lowest BCUT2D eigenvalue weighted by Gasteiger charge is -2.24. The van der Waals surface area contributed by atoms with Crippen molar-refractivity contribution in [2.75, 3.05) is 18.1 Å². The summed E-state index contributed by atoms with van der Waals surface area (Å²) in [4.78, 5) is 25.4. The Balaban J connectivity index is 1.90. The van der Waals surface area contributed by atoms with Crippen molar-refractivity contribution in [1.29, 1.82) is 0 Å². The number of esters is 1. The number of benzene rings is 1. The Morgan fingerprint density at radius 1 is 1.30 bits per heavy atom. The highest BCUT2D eigenvalue weighted by Crippen LogP contribution is 2.31. The summed E-state index contributed by atoms with van der Waals surface area (Å²) in [6, 6.07) is 8.51. The molecule has 0 saturated carbocycles. The van der Waals surface area contributed by atoms with Gasteiger partial charge in [0.05, 0.1) is 19.6 Å². The summed E-state index contributed by atoms with van der Waals surface area (Å²) in [6.07, 6.45) is 1.40. The summed E-state index contributed by atoms with van der Waals surface area (Å²) < 4.78 is 4.83. The number of carbonyl (C=O) groups is 2. The molecule has 20 heavy (non-hydrogen) atoms. The number of Topliss-reactive ketones (excluding diaryl/α,β-unsaturated/α-hetero) is 1. The van der Waals surface area contributed by atoms with Gasteiger partial charge in [0.1, 0.15) is 0 Å². The maximum atomic E-state index is 12.0. The fourth-order valence-electron chi connectivity index (χ4n) is 2.61. The first-order valence-electron chi connectivity index (χ1n) is 7.13. The van der Waals surface area contributed by atoms with E-state index in [1.54, 1.807) is 6.92 Å². The second-order valence-electron chi connectivity index (χ2n) is 5.15. The summed E-state index contributed by atoms with van der Waals surface area (Å²) in [7, 11) is 0. The Morgan fingerprint density at radius 3 is 2.80 bits per heavy atom. The smallest absolute Gasteiger partial charge is 0.306 e.